The van der Waals surface area contributed by atoms with Crippen LogP contribution in [0.5, 0.6) is 28.7 Å². The van der Waals surface area contributed by atoms with Crippen molar-refractivity contribution in [3.63, 3.8) is 0 Å². The number of aromatic nitrogens is 3. The van der Waals surface area contributed by atoms with Gasteiger partial charge in [-0.3, -0.25) is 15.1 Å². The number of imide groups is 1. The fraction of sp³-hybridized carbons (Fsp3) is 0.355. The van der Waals surface area contributed by atoms with E-state index in [1.54, 1.807) is 68.2 Å². The van der Waals surface area contributed by atoms with Crippen LogP contribution in [0.1, 0.15) is 35.4 Å². The molecule has 0 saturated carbocycles. The zero-order chi connectivity index (χ0) is 31.1. The van der Waals surface area contributed by atoms with Crippen LogP contribution < -0.4 is 29.6 Å². The van der Waals surface area contributed by atoms with E-state index in [0.717, 1.165) is 25.9 Å². The van der Waals surface area contributed by atoms with Gasteiger partial charge in [0.25, 0.3) is 5.91 Å². The van der Waals surface area contributed by atoms with Crippen molar-refractivity contribution in [3.05, 3.63) is 60.3 Å². The summed E-state index contributed by atoms with van der Waals surface area (Å²) < 4.78 is 36.2. The Kier molecular flexibility index (Phi) is 9.77. The summed E-state index contributed by atoms with van der Waals surface area (Å²) in [4.78, 5) is 33.5. The topological polar surface area (TPSA) is 144 Å². The highest BCUT2D eigenvalue weighted by Gasteiger charge is 2.19. The molecule has 5 rings (SSSR count). The SMILES string of the molecule is COc1cc(Oc2ccnc3cc(OCCO[C@@H]4CCCCO4)c(OC)cc23)ccc1NC(=O)NC(=O)c1ncn(C)c1C. The van der Waals surface area contributed by atoms with Crippen LogP contribution in [0, 0.1) is 6.92 Å². The van der Waals surface area contributed by atoms with Gasteiger partial charge in [-0.2, -0.15) is 0 Å². The number of aryl methyl sites for hydroxylation is 1. The number of ether oxygens (including phenoxy) is 6. The molecule has 2 N–H and O–H groups in total. The van der Waals surface area contributed by atoms with Gasteiger partial charge in [0.05, 0.1) is 38.4 Å². The van der Waals surface area contributed by atoms with E-state index in [0.29, 0.717) is 64.2 Å². The first-order valence-corrected chi connectivity index (χ1v) is 14.1. The number of benzene rings is 2. The zero-order valence-corrected chi connectivity index (χ0v) is 25.0. The molecule has 1 aliphatic rings. The Morgan fingerprint density at radius 2 is 1.84 bits per heavy atom. The summed E-state index contributed by atoms with van der Waals surface area (Å²) in [7, 11) is 4.79. The molecule has 13 nitrogen and oxygen atoms in total. The molecule has 1 atom stereocenters. The molecule has 44 heavy (non-hydrogen) atoms. The second kappa shape index (κ2) is 14.1. The van der Waals surface area contributed by atoms with Gasteiger partial charge < -0.3 is 38.3 Å². The van der Waals surface area contributed by atoms with Gasteiger partial charge in [0, 0.05) is 43.1 Å². The maximum Gasteiger partial charge on any atom is 0.326 e. The van der Waals surface area contributed by atoms with Crippen molar-refractivity contribution in [1.29, 1.82) is 0 Å². The molecule has 0 radical (unpaired) electrons. The Morgan fingerprint density at radius 3 is 2.57 bits per heavy atom. The van der Waals surface area contributed by atoms with Crippen molar-refractivity contribution in [2.75, 3.05) is 39.4 Å². The first kappa shape index (κ1) is 30.6. The number of hydrogen-bond donors (Lipinski definition) is 2. The number of amides is 3. The van der Waals surface area contributed by atoms with Crippen LogP contribution in [-0.4, -0.2) is 66.8 Å². The standard InChI is InChI=1S/C31H35N5O8/c1-19-29(33-18-36(19)2)30(37)35-31(38)34-22-9-8-20(15-25(22)39-3)44-24-10-11-32-23-17-27(26(40-4)16-21(23)24)41-13-14-43-28-7-5-6-12-42-28/h8-11,15-18,28H,5-7,12-14H2,1-4H3,(H2,34,35,37,38)/t28-/m1/s1. The van der Waals surface area contributed by atoms with Gasteiger partial charge in [-0.25, -0.2) is 9.78 Å². The van der Waals surface area contributed by atoms with Crippen molar-refractivity contribution >= 4 is 28.5 Å². The predicted octanol–water partition coefficient (Wildman–Crippen LogP) is 4.97. The average Bonchev–Trinajstić information content (AvgIpc) is 3.37. The number of imidazole rings is 1. The number of rotatable bonds is 11. The Morgan fingerprint density at radius 1 is 1.00 bits per heavy atom. The van der Waals surface area contributed by atoms with Crippen molar-refractivity contribution in [2.24, 2.45) is 7.05 Å². The quantitative estimate of drug-likeness (QED) is 0.225. The summed E-state index contributed by atoms with van der Waals surface area (Å²) in [5.41, 5.74) is 1.78. The molecule has 4 aromatic rings. The molecule has 0 bridgehead atoms. The van der Waals surface area contributed by atoms with Gasteiger partial charge >= 0.3 is 6.03 Å². The number of hydrogen-bond acceptors (Lipinski definition) is 10. The summed E-state index contributed by atoms with van der Waals surface area (Å²) >= 11 is 0. The maximum absolute atomic E-state index is 12.5. The molecule has 2 aromatic carbocycles. The van der Waals surface area contributed by atoms with Crippen LogP contribution in [0.15, 0.2) is 48.9 Å². The van der Waals surface area contributed by atoms with Crippen LogP contribution in [-0.2, 0) is 16.5 Å². The third-order valence-corrected chi connectivity index (χ3v) is 7.09. The number of methoxy groups -OCH3 is 2. The molecule has 232 valence electrons. The van der Waals surface area contributed by atoms with Crippen LogP contribution in [0.3, 0.4) is 0 Å². The number of nitrogens with zero attached hydrogens (tertiary/aromatic N) is 3. The van der Waals surface area contributed by atoms with Crippen LogP contribution in [0.25, 0.3) is 10.9 Å². The molecular weight excluding hydrogens is 570 g/mol. The van der Waals surface area contributed by atoms with E-state index in [1.807, 2.05) is 0 Å². The first-order valence-electron chi connectivity index (χ1n) is 14.1. The molecule has 0 aliphatic carbocycles. The van der Waals surface area contributed by atoms with E-state index in [-0.39, 0.29) is 12.0 Å². The molecular formula is C31H35N5O8. The minimum absolute atomic E-state index is 0.164. The van der Waals surface area contributed by atoms with Crippen molar-refractivity contribution in [1.82, 2.24) is 19.9 Å². The highest BCUT2D eigenvalue weighted by molar-refractivity contribution is 6.08. The monoisotopic (exact) mass is 605 g/mol. The number of carbonyl (C=O) groups is 2. The van der Waals surface area contributed by atoms with E-state index in [9.17, 15) is 9.59 Å². The number of urea groups is 1. The number of anilines is 1. The predicted molar refractivity (Wildman–Crippen MR) is 161 cm³/mol. The molecule has 3 amide bonds. The van der Waals surface area contributed by atoms with E-state index < -0.39 is 11.9 Å². The van der Waals surface area contributed by atoms with Crippen molar-refractivity contribution in [3.8, 4) is 28.7 Å². The minimum atomic E-state index is -0.730. The Bertz CT molecular complexity index is 1630. The molecule has 13 heteroatoms. The van der Waals surface area contributed by atoms with Gasteiger partial charge in [0.15, 0.2) is 17.8 Å². The molecule has 1 fully saturated rings. The molecule has 2 aromatic heterocycles. The van der Waals surface area contributed by atoms with E-state index in [1.165, 1.54) is 13.4 Å². The molecule has 1 aliphatic heterocycles. The maximum atomic E-state index is 12.5. The minimum Gasteiger partial charge on any atom is -0.494 e. The van der Waals surface area contributed by atoms with Gasteiger partial charge in [0.2, 0.25) is 0 Å². The smallest absolute Gasteiger partial charge is 0.326 e. The zero-order valence-electron chi connectivity index (χ0n) is 25.0. The van der Waals surface area contributed by atoms with Gasteiger partial charge in [0.1, 0.15) is 29.5 Å². The van der Waals surface area contributed by atoms with Gasteiger partial charge in [-0.05, 0) is 50.5 Å². The van der Waals surface area contributed by atoms with Gasteiger partial charge in [-0.1, -0.05) is 0 Å². The second-order valence-electron chi connectivity index (χ2n) is 10.0. The fourth-order valence-electron chi connectivity index (χ4n) is 4.66. The number of fused-ring (bicyclic) bond motifs is 1. The number of carbonyl (C=O) groups excluding carboxylic acids is 2. The Balaban J connectivity index is 1.25. The summed E-state index contributed by atoms with van der Waals surface area (Å²) in [6.07, 6.45) is 6.01. The van der Waals surface area contributed by atoms with E-state index in [4.69, 9.17) is 28.4 Å². The normalized spacial score (nSPS) is 14.6. The lowest BCUT2D eigenvalue weighted by Crippen LogP contribution is -2.35. The summed E-state index contributed by atoms with van der Waals surface area (Å²) in [6, 6.07) is 9.50. The highest BCUT2D eigenvalue weighted by Crippen LogP contribution is 2.38. The van der Waals surface area contributed by atoms with Crippen molar-refractivity contribution < 1.29 is 38.0 Å². The third-order valence-electron chi connectivity index (χ3n) is 7.09. The molecule has 0 spiro atoms. The largest absolute Gasteiger partial charge is 0.494 e. The summed E-state index contributed by atoms with van der Waals surface area (Å²) in [5.74, 6) is 1.73. The first-order chi connectivity index (χ1) is 21.4. The average molecular weight is 606 g/mol. The van der Waals surface area contributed by atoms with E-state index in [2.05, 4.69) is 20.6 Å². The lowest BCUT2D eigenvalue weighted by atomic mass is 10.1. The van der Waals surface area contributed by atoms with Crippen molar-refractivity contribution in [2.45, 2.75) is 32.5 Å². The summed E-state index contributed by atoms with van der Waals surface area (Å²) in [5, 5.41) is 5.61. The van der Waals surface area contributed by atoms with Gasteiger partial charge in [-0.15, -0.1) is 0 Å². The number of pyridine rings is 1. The highest BCUT2D eigenvalue weighted by atomic mass is 16.7. The summed E-state index contributed by atoms with van der Waals surface area (Å²) in [6.45, 7) is 3.17. The lowest BCUT2D eigenvalue weighted by Gasteiger charge is -2.22. The molecule has 3 heterocycles. The third kappa shape index (κ3) is 7.18. The lowest BCUT2D eigenvalue weighted by molar-refractivity contribution is -0.165. The second-order valence-corrected chi connectivity index (χ2v) is 10.0. The number of nitrogens with one attached hydrogen (secondary N) is 2. The Hall–Kier alpha value is -4.88. The van der Waals surface area contributed by atoms with Crippen LogP contribution >= 0.6 is 0 Å². The van der Waals surface area contributed by atoms with E-state index >= 15 is 0 Å². The fourth-order valence-corrected chi connectivity index (χ4v) is 4.66. The Labute approximate surface area is 254 Å². The van der Waals surface area contributed by atoms with Crippen LogP contribution in [0.4, 0.5) is 10.5 Å². The molecule has 1 saturated heterocycles. The molecule has 0 unspecified atom stereocenters. The van der Waals surface area contributed by atoms with Crippen LogP contribution in [0.2, 0.25) is 0 Å².